The summed E-state index contributed by atoms with van der Waals surface area (Å²) in [7, 11) is -1.97. The lowest BCUT2D eigenvalue weighted by molar-refractivity contribution is 0.0218. The number of aryl methyl sites for hydroxylation is 1. The standard InChI is InChI=1S/C17H26O4S/c1-14-8-10-16(11-9-14)22(18,19)21-13-12-17(20-2)15-6-4-3-5-7-15/h8-11,15,17H,3-7,12-13H2,1-2H3. The maximum absolute atomic E-state index is 12.1. The minimum atomic E-state index is -3.67. The van der Waals surface area contributed by atoms with E-state index in [4.69, 9.17) is 8.92 Å². The van der Waals surface area contributed by atoms with Gasteiger partial charge in [0.1, 0.15) is 0 Å². The van der Waals surface area contributed by atoms with Crippen LogP contribution in [0.5, 0.6) is 0 Å². The Bertz CT molecular complexity index is 545. The van der Waals surface area contributed by atoms with Crippen LogP contribution in [0.25, 0.3) is 0 Å². The molecule has 0 amide bonds. The van der Waals surface area contributed by atoms with Crippen molar-refractivity contribution in [2.75, 3.05) is 13.7 Å². The van der Waals surface area contributed by atoms with Gasteiger partial charge in [-0.1, -0.05) is 37.0 Å². The van der Waals surface area contributed by atoms with Gasteiger partial charge in [0.15, 0.2) is 0 Å². The maximum Gasteiger partial charge on any atom is 0.296 e. The Hall–Kier alpha value is -0.910. The molecule has 1 aromatic carbocycles. The van der Waals surface area contributed by atoms with Crippen LogP contribution < -0.4 is 0 Å². The van der Waals surface area contributed by atoms with Crippen LogP contribution in [0.1, 0.15) is 44.1 Å². The van der Waals surface area contributed by atoms with Crippen LogP contribution in [0.4, 0.5) is 0 Å². The zero-order valence-electron chi connectivity index (χ0n) is 13.5. The molecule has 22 heavy (non-hydrogen) atoms. The summed E-state index contributed by atoms with van der Waals surface area (Å²) in [4.78, 5) is 0.213. The first-order chi connectivity index (χ1) is 10.5. The highest BCUT2D eigenvalue weighted by atomic mass is 32.2. The average molecular weight is 326 g/mol. The molecule has 1 aromatic rings. The first-order valence-corrected chi connectivity index (χ1v) is 9.42. The SMILES string of the molecule is COC(CCOS(=O)(=O)c1ccc(C)cc1)C1CCCCC1. The van der Waals surface area contributed by atoms with Crippen LogP contribution in [0.15, 0.2) is 29.2 Å². The van der Waals surface area contributed by atoms with Crippen LogP contribution in [-0.4, -0.2) is 28.2 Å². The van der Waals surface area contributed by atoms with Gasteiger partial charge < -0.3 is 4.74 Å². The molecule has 0 spiro atoms. The molecule has 1 fully saturated rings. The Balaban J connectivity index is 1.87. The molecule has 0 bridgehead atoms. The first kappa shape index (κ1) is 17.4. The van der Waals surface area contributed by atoms with Crippen molar-refractivity contribution in [1.82, 2.24) is 0 Å². The monoisotopic (exact) mass is 326 g/mol. The Morgan fingerprint density at radius 1 is 1.14 bits per heavy atom. The van der Waals surface area contributed by atoms with Gasteiger partial charge in [-0.25, -0.2) is 0 Å². The molecule has 1 unspecified atom stereocenters. The van der Waals surface area contributed by atoms with E-state index in [0.717, 1.165) is 5.56 Å². The molecule has 1 aliphatic carbocycles. The third kappa shape index (κ3) is 4.80. The van der Waals surface area contributed by atoms with Crippen molar-refractivity contribution >= 4 is 10.1 Å². The second-order valence-electron chi connectivity index (χ2n) is 6.05. The van der Waals surface area contributed by atoms with Gasteiger partial charge in [0.25, 0.3) is 10.1 Å². The van der Waals surface area contributed by atoms with E-state index in [1.54, 1.807) is 31.4 Å². The van der Waals surface area contributed by atoms with E-state index in [9.17, 15) is 8.42 Å². The summed E-state index contributed by atoms with van der Waals surface area (Å²) in [5, 5.41) is 0. The van der Waals surface area contributed by atoms with Gasteiger partial charge >= 0.3 is 0 Å². The summed E-state index contributed by atoms with van der Waals surface area (Å²) < 4.78 is 35.0. The van der Waals surface area contributed by atoms with E-state index in [1.165, 1.54) is 32.1 Å². The molecule has 0 aromatic heterocycles. The Morgan fingerprint density at radius 3 is 2.36 bits per heavy atom. The normalized spacial score (nSPS) is 18.3. The van der Waals surface area contributed by atoms with Gasteiger partial charge in [-0.2, -0.15) is 8.42 Å². The highest BCUT2D eigenvalue weighted by Crippen LogP contribution is 2.29. The van der Waals surface area contributed by atoms with Crippen molar-refractivity contribution in [1.29, 1.82) is 0 Å². The maximum atomic E-state index is 12.1. The van der Waals surface area contributed by atoms with Crippen LogP contribution in [0.3, 0.4) is 0 Å². The predicted molar refractivity (Wildman–Crippen MR) is 86.3 cm³/mol. The topological polar surface area (TPSA) is 52.6 Å². The first-order valence-electron chi connectivity index (χ1n) is 8.02. The van der Waals surface area contributed by atoms with Gasteiger partial charge in [-0.05, 0) is 44.2 Å². The fourth-order valence-corrected chi connectivity index (χ4v) is 4.02. The van der Waals surface area contributed by atoms with Crippen molar-refractivity contribution in [3.63, 3.8) is 0 Å². The van der Waals surface area contributed by atoms with Crippen molar-refractivity contribution < 1.29 is 17.3 Å². The highest BCUT2D eigenvalue weighted by molar-refractivity contribution is 7.86. The predicted octanol–water partition coefficient (Wildman–Crippen LogP) is 3.69. The summed E-state index contributed by atoms with van der Waals surface area (Å²) in [6, 6.07) is 6.71. The lowest BCUT2D eigenvalue weighted by Gasteiger charge is -2.29. The summed E-state index contributed by atoms with van der Waals surface area (Å²) in [5.41, 5.74) is 1.02. The summed E-state index contributed by atoms with van der Waals surface area (Å²) in [6.07, 6.45) is 6.83. The number of rotatable bonds is 7. The molecular formula is C17H26O4S. The van der Waals surface area contributed by atoms with Gasteiger partial charge in [0.05, 0.1) is 17.6 Å². The Labute approximate surface area is 134 Å². The Kier molecular flexibility index (Phi) is 6.41. The summed E-state index contributed by atoms with van der Waals surface area (Å²) in [5.74, 6) is 0.532. The minimum Gasteiger partial charge on any atom is -0.381 e. The lowest BCUT2D eigenvalue weighted by Crippen LogP contribution is -2.27. The van der Waals surface area contributed by atoms with Crippen LogP contribution >= 0.6 is 0 Å². The lowest BCUT2D eigenvalue weighted by atomic mass is 9.84. The van der Waals surface area contributed by atoms with E-state index in [1.807, 2.05) is 6.92 Å². The van der Waals surface area contributed by atoms with E-state index < -0.39 is 10.1 Å². The quantitative estimate of drug-likeness (QED) is 0.717. The van der Waals surface area contributed by atoms with E-state index in [0.29, 0.717) is 12.3 Å². The van der Waals surface area contributed by atoms with Crippen molar-refractivity contribution in [2.45, 2.75) is 56.4 Å². The highest BCUT2D eigenvalue weighted by Gasteiger charge is 2.24. The van der Waals surface area contributed by atoms with Crippen molar-refractivity contribution in [2.24, 2.45) is 5.92 Å². The van der Waals surface area contributed by atoms with E-state index in [-0.39, 0.29) is 17.6 Å². The van der Waals surface area contributed by atoms with Crippen LogP contribution in [0.2, 0.25) is 0 Å². The average Bonchev–Trinajstić information content (AvgIpc) is 2.53. The van der Waals surface area contributed by atoms with Gasteiger partial charge in [0, 0.05) is 7.11 Å². The van der Waals surface area contributed by atoms with Crippen molar-refractivity contribution in [3.05, 3.63) is 29.8 Å². The number of hydrogen-bond acceptors (Lipinski definition) is 4. The molecule has 5 heteroatoms. The molecule has 0 heterocycles. The summed E-state index contributed by atoms with van der Waals surface area (Å²) in [6.45, 7) is 2.09. The molecular weight excluding hydrogens is 300 g/mol. The smallest absolute Gasteiger partial charge is 0.296 e. The zero-order valence-corrected chi connectivity index (χ0v) is 14.3. The molecule has 1 atom stereocenters. The second-order valence-corrected chi connectivity index (χ2v) is 7.67. The molecule has 124 valence electrons. The minimum absolute atomic E-state index is 0.0912. The zero-order chi connectivity index (χ0) is 16.0. The van der Waals surface area contributed by atoms with Crippen LogP contribution in [-0.2, 0) is 19.0 Å². The third-order valence-electron chi connectivity index (χ3n) is 4.43. The van der Waals surface area contributed by atoms with Gasteiger partial charge in [-0.15, -0.1) is 0 Å². The number of benzene rings is 1. The number of hydrogen-bond donors (Lipinski definition) is 0. The van der Waals surface area contributed by atoms with Gasteiger partial charge in [0.2, 0.25) is 0 Å². The van der Waals surface area contributed by atoms with Crippen molar-refractivity contribution in [3.8, 4) is 0 Å². The van der Waals surface area contributed by atoms with E-state index >= 15 is 0 Å². The molecule has 0 N–H and O–H groups in total. The van der Waals surface area contributed by atoms with E-state index in [2.05, 4.69) is 0 Å². The molecule has 1 saturated carbocycles. The van der Waals surface area contributed by atoms with Crippen LogP contribution in [0, 0.1) is 12.8 Å². The molecule has 4 nitrogen and oxygen atoms in total. The molecule has 2 rings (SSSR count). The number of methoxy groups -OCH3 is 1. The largest absolute Gasteiger partial charge is 0.381 e. The summed E-state index contributed by atoms with van der Waals surface area (Å²) >= 11 is 0. The second kappa shape index (κ2) is 8.09. The fraction of sp³-hybridized carbons (Fsp3) is 0.647. The fourth-order valence-electron chi connectivity index (χ4n) is 3.10. The molecule has 0 aliphatic heterocycles. The molecule has 0 radical (unpaired) electrons. The number of ether oxygens (including phenoxy) is 1. The molecule has 0 saturated heterocycles. The molecule has 1 aliphatic rings. The third-order valence-corrected chi connectivity index (χ3v) is 5.76. The Morgan fingerprint density at radius 2 is 1.77 bits per heavy atom. The van der Waals surface area contributed by atoms with Gasteiger partial charge in [-0.3, -0.25) is 4.18 Å².